The molecule has 3 aromatic carbocycles. The van der Waals surface area contributed by atoms with E-state index in [1.807, 2.05) is 6.07 Å². The summed E-state index contributed by atoms with van der Waals surface area (Å²) in [6.45, 7) is 2.23. The van der Waals surface area contributed by atoms with Gasteiger partial charge in [-0.3, -0.25) is 0 Å². The van der Waals surface area contributed by atoms with E-state index in [1.165, 1.54) is 16.5 Å². The Labute approximate surface area is 156 Å². The number of benzene rings is 3. The summed E-state index contributed by atoms with van der Waals surface area (Å²) in [7, 11) is 0. The Kier molecular flexibility index (Phi) is 4.10. The minimum atomic E-state index is -0.359. The highest BCUT2D eigenvalue weighted by atomic mass is 79.9. The van der Waals surface area contributed by atoms with E-state index in [2.05, 4.69) is 112 Å². The first-order valence-corrected chi connectivity index (χ1v) is 9.12. The molecule has 1 unspecified atom stereocenters. The molecule has 0 spiro atoms. The van der Waals surface area contributed by atoms with Crippen LogP contribution in [0.5, 0.6) is 0 Å². The fourth-order valence-corrected chi connectivity index (χ4v) is 3.64. The van der Waals surface area contributed by atoms with E-state index in [1.54, 1.807) is 0 Å². The molecule has 0 bridgehead atoms. The van der Waals surface area contributed by atoms with E-state index in [-0.39, 0.29) is 5.54 Å². The molecule has 0 saturated carbocycles. The van der Waals surface area contributed by atoms with Crippen LogP contribution < -0.4 is 5.32 Å². The van der Waals surface area contributed by atoms with Crippen LogP contribution in [-0.2, 0) is 5.54 Å². The van der Waals surface area contributed by atoms with Crippen LogP contribution in [0, 0.1) is 0 Å². The van der Waals surface area contributed by atoms with Crippen molar-refractivity contribution < 1.29 is 0 Å². The monoisotopic (exact) mass is 390 g/mol. The number of fused-ring (bicyclic) bond motifs is 1. The van der Waals surface area contributed by atoms with Crippen LogP contribution in [0.3, 0.4) is 0 Å². The molecule has 0 saturated heterocycles. The molecule has 4 aromatic rings. The summed E-state index contributed by atoms with van der Waals surface area (Å²) in [5.41, 5.74) is 4.33. The molecule has 1 heterocycles. The third-order valence-corrected chi connectivity index (χ3v) is 5.25. The number of halogens is 1. The molecule has 0 fully saturated rings. The van der Waals surface area contributed by atoms with Gasteiger partial charge in [-0.05, 0) is 42.8 Å². The predicted molar refractivity (Wildman–Crippen MR) is 109 cm³/mol. The lowest BCUT2D eigenvalue weighted by Gasteiger charge is -2.33. The molecule has 2 nitrogen and oxygen atoms in total. The zero-order valence-corrected chi connectivity index (χ0v) is 15.5. The molecule has 2 N–H and O–H groups in total. The second-order valence-electron chi connectivity index (χ2n) is 6.37. The first-order valence-electron chi connectivity index (χ1n) is 8.33. The van der Waals surface area contributed by atoms with E-state index < -0.39 is 0 Å². The summed E-state index contributed by atoms with van der Waals surface area (Å²) in [5.74, 6) is 0. The molecule has 4 rings (SSSR count). The number of rotatable bonds is 4. The zero-order chi connectivity index (χ0) is 17.3. The molecule has 0 aliphatic heterocycles. The fourth-order valence-electron chi connectivity index (χ4n) is 3.37. The topological polar surface area (TPSA) is 27.8 Å². The van der Waals surface area contributed by atoms with Crippen LogP contribution in [0.2, 0.25) is 0 Å². The van der Waals surface area contributed by atoms with Gasteiger partial charge >= 0.3 is 0 Å². The number of aromatic amines is 1. The molecular formula is C22H19BrN2. The normalized spacial score (nSPS) is 13.5. The van der Waals surface area contributed by atoms with Crippen molar-refractivity contribution in [1.29, 1.82) is 0 Å². The summed E-state index contributed by atoms with van der Waals surface area (Å²) in [4.78, 5) is 3.41. The highest BCUT2D eigenvalue weighted by molar-refractivity contribution is 9.10. The molecule has 1 atom stereocenters. The van der Waals surface area contributed by atoms with Crippen molar-refractivity contribution in [3.05, 3.63) is 101 Å². The first kappa shape index (κ1) is 16.0. The molecule has 3 heteroatoms. The van der Waals surface area contributed by atoms with Crippen molar-refractivity contribution in [2.24, 2.45) is 0 Å². The highest BCUT2D eigenvalue weighted by Gasteiger charge is 2.31. The zero-order valence-electron chi connectivity index (χ0n) is 14.0. The van der Waals surface area contributed by atoms with Gasteiger partial charge in [-0.25, -0.2) is 0 Å². The van der Waals surface area contributed by atoms with Crippen LogP contribution in [0.1, 0.15) is 18.1 Å². The maximum Gasteiger partial charge on any atom is 0.0871 e. The van der Waals surface area contributed by atoms with Crippen LogP contribution in [0.25, 0.3) is 10.9 Å². The Morgan fingerprint density at radius 3 is 2.28 bits per heavy atom. The fraction of sp³-hybridized carbons (Fsp3) is 0.0909. The summed E-state index contributed by atoms with van der Waals surface area (Å²) < 4.78 is 1.08. The second-order valence-corrected chi connectivity index (χ2v) is 7.29. The molecular weight excluding hydrogens is 372 g/mol. The SMILES string of the molecule is CC(Nc1ccccc1)(c1ccc(Br)cc1)c1c[nH]c2ccccc12. The number of para-hydroxylation sites is 2. The van der Waals surface area contributed by atoms with Crippen molar-refractivity contribution in [3.8, 4) is 0 Å². The number of hydrogen-bond donors (Lipinski definition) is 2. The Bertz CT molecular complexity index is 989. The molecule has 124 valence electrons. The van der Waals surface area contributed by atoms with E-state index in [4.69, 9.17) is 0 Å². The van der Waals surface area contributed by atoms with Gasteiger partial charge in [0.15, 0.2) is 0 Å². The quantitative estimate of drug-likeness (QED) is 0.419. The predicted octanol–water partition coefficient (Wildman–Crippen LogP) is 6.31. The van der Waals surface area contributed by atoms with Crippen LogP contribution in [0.4, 0.5) is 5.69 Å². The third-order valence-electron chi connectivity index (χ3n) is 4.72. The Morgan fingerprint density at radius 1 is 0.840 bits per heavy atom. The number of anilines is 1. The lowest BCUT2D eigenvalue weighted by molar-refractivity contribution is 0.666. The average molecular weight is 391 g/mol. The maximum atomic E-state index is 3.75. The highest BCUT2D eigenvalue weighted by Crippen LogP contribution is 2.37. The molecule has 0 amide bonds. The molecule has 25 heavy (non-hydrogen) atoms. The van der Waals surface area contributed by atoms with Crippen molar-refractivity contribution in [2.75, 3.05) is 5.32 Å². The van der Waals surface area contributed by atoms with Gasteiger partial charge in [0.1, 0.15) is 0 Å². The maximum absolute atomic E-state index is 3.75. The standard InChI is InChI=1S/C22H19BrN2/c1-22(16-11-13-17(23)14-12-16,25-18-7-3-2-4-8-18)20-15-24-21-10-6-5-9-19(20)21/h2-15,24-25H,1H3. The lowest BCUT2D eigenvalue weighted by atomic mass is 9.84. The van der Waals surface area contributed by atoms with Gasteiger partial charge in [-0.15, -0.1) is 0 Å². The van der Waals surface area contributed by atoms with Crippen molar-refractivity contribution in [2.45, 2.75) is 12.5 Å². The van der Waals surface area contributed by atoms with Crippen molar-refractivity contribution in [1.82, 2.24) is 4.98 Å². The van der Waals surface area contributed by atoms with Gasteiger partial charge in [0.2, 0.25) is 0 Å². The summed E-state index contributed by atoms with van der Waals surface area (Å²) >= 11 is 3.54. The van der Waals surface area contributed by atoms with E-state index in [0.29, 0.717) is 0 Å². The summed E-state index contributed by atoms with van der Waals surface area (Å²) in [6, 6.07) is 27.3. The Balaban J connectivity index is 1.90. The van der Waals surface area contributed by atoms with Crippen LogP contribution >= 0.6 is 15.9 Å². The van der Waals surface area contributed by atoms with E-state index >= 15 is 0 Å². The van der Waals surface area contributed by atoms with Crippen molar-refractivity contribution in [3.63, 3.8) is 0 Å². The van der Waals surface area contributed by atoms with Gasteiger partial charge in [0.05, 0.1) is 5.54 Å². The summed E-state index contributed by atoms with van der Waals surface area (Å²) in [5, 5.41) is 4.98. The van der Waals surface area contributed by atoms with Gasteiger partial charge in [0.25, 0.3) is 0 Å². The number of aromatic nitrogens is 1. The van der Waals surface area contributed by atoms with Crippen LogP contribution in [-0.4, -0.2) is 4.98 Å². The summed E-state index contributed by atoms with van der Waals surface area (Å²) in [6.07, 6.45) is 2.11. The Morgan fingerprint density at radius 2 is 1.52 bits per heavy atom. The van der Waals surface area contributed by atoms with Gasteiger partial charge in [-0.2, -0.15) is 0 Å². The van der Waals surface area contributed by atoms with Gasteiger partial charge in [0, 0.05) is 32.8 Å². The Hall–Kier alpha value is -2.52. The van der Waals surface area contributed by atoms with Crippen molar-refractivity contribution >= 4 is 32.5 Å². The minimum Gasteiger partial charge on any atom is -0.372 e. The smallest absolute Gasteiger partial charge is 0.0871 e. The van der Waals surface area contributed by atoms with Gasteiger partial charge in [-0.1, -0.05) is 64.5 Å². The number of hydrogen-bond acceptors (Lipinski definition) is 1. The van der Waals surface area contributed by atoms with E-state index in [9.17, 15) is 0 Å². The minimum absolute atomic E-state index is 0.359. The molecule has 0 radical (unpaired) electrons. The third kappa shape index (κ3) is 2.96. The average Bonchev–Trinajstić information content (AvgIpc) is 3.08. The second kappa shape index (κ2) is 6.41. The number of nitrogens with one attached hydrogen (secondary N) is 2. The molecule has 0 aliphatic rings. The van der Waals surface area contributed by atoms with Gasteiger partial charge < -0.3 is 10.3 Å². The molecule has 0 aliphatic carbocycles. The largest absolute Gasteiger partial charge is 0.372 e. The molecule has 1 aromatic heterocycles. The lowest BCUT2D eigenvalue weighted by Crippen LogP contribution is -2.33. The first-order chi connectivity index (χ1) is 12.2. The van der Waals surface area contributed by atoms with E-state index in [0.717, 1.165) is 15.7 Å². The van der Waals surface area contributed by atoms with Crippen LogP contribution in [0.15, 0.2) is 89.5 Å². The number of H-pyrrole nitrogens is 1.